The second-order valence-electron chi connectivity index (χ2n) is 10.7. The summed E-state index contributed by atoms with van der Waals surface area (Å²) in [6.07, 6.45) is 0.288. The summed E-state index contributed by atoms with van der Waals surface area (Å²) in [4.78, 5) is 72.6. The second-order valence-corrected chi connectivity index (χ2v) is 12.4. The van der Waals surface area contributed by atoms with E-state index in [0.29, 0.717) is 49.4 Å². The van der Waals surface area contributed by atoms with Crippen LogP contribution in [0.4, 0.5) is 10.6 Å². The van der Waals surface area contributed by atoms with Gasteiger partial charge in [0.2, 0.25) is 5.91 Å². The van der Waals surface area contributed by atoms with Crippen molar-refractivity contribution in [1.82, 2.24) is 25.1 Å². The van der Waals surface area contributed by atoms with Crippen molar-refractivity contribution in [3.8, 4) is 11.4 Å². The fourth-order valence-electron chi connectivity index (χ4n) is 4.91. The van der Waals surface area contributed by atoms with Crippen LogP contribution < -0.4 is 10.2 Å². The van der Waals surface area contributed by atoms with Crippen LogP contribution >= 0.6 is 7.60 Å². The van der Waals surface area contributed by atoms with Crippen molar-refractivity contribution in [1.29, 1.82) is 0 Å². The minimum atomic E-state index is -4.71. The molecule has 2 fully saturated rings. The molecule has 4 rings (SSSR count). The summed E-state index contributed by atoms with van der Waals surface area (Å²) in [5.74, 6) is -0.274. The van der Waals surface area contributed by atoms with Crippen LogP contribution in [0.3, 0.4) is 0 Å². The van der Waals surface area contributed by atoms with Gasteiger partial charge in [-0.3, -0.25) is 14.2 Å². The predicted molar refractivity (Wildman–Crippen MR) is 158 cm³/mol. The lowest BCUT2D eigenvalue weighted by molar-refractivity contribution is -0.134. The van der Waals surface area contributed by atoms with Gasteiger partial charge in [-0.15, -0.1) is 0 Å². The van der Waals surface area contributed by atoms with Gasteiger partial charge >= 0.3 is 13.7 Å². The summed E-state index contributed by atoms with van der Waals surface area (Å²) in [7, 11) is -3.07. The van der Waals surface area contributed by atoms with E-state index in [1.165, 1.54) is 15.9 Å². The van der Waals surface area contributed by atoms with Crippen molar-refractivity contribution in [3.05, 3.63) is 42.1 Å². The van der Waals surface area contributed by atoms with E-state index in [1.54, 1.807) is 7.11 Å². The van der Waals surface area contributed by atoms with Crippen LogP contribution in [0.2, 0.25) is 0 Å². The van der Waals surface area contributed by atoms with E-state index in [2.05, 4.69) is 15.3 Å². The Balaban J connectivity index is 1.50. The maximum absolute atomic E-state index is 13.5. The number of benzene rings is 1. The number of anilines is 1. The summed E-state index contributed by atoms with van der Waals surface area (Å²) in [6, 6.07) is 9.11. The number of hydrogen-bond donors (Lipinski definition) is 3. The molecule has 15 heteroatoms. The maximum atomic E-state index is 13.5. The Morgan fingerprint density at radius 1 is 1.07 bits per heavy atom. The van der Waals surface area contributed by atoms with Crippen LogP contribution in [0.1, 0.15) is 30.3 Å². The highest BCUT2D eigenvalue weighted by molar-refractivity contribution is 7.51. The maximum Gasteiger partial charge on any atom is 0.409 e. The van der Waals surface area contributed by atoms with Crippen LogP contribution in [0.15, 0.2) is 36.4 Å². The third-order valence-corrected chi connectivity index (χ3v) is 8.10. The number of hydrogen-bond acceptors (Lipinski definition) is 9. The van der Waals surface area contributed by atoms with Crippen LogP contribution in [0.5, 0.6) is 0 Å². The number of amides is 3. The molecule has 0 radical (unpaired) electrons. The standard InChI is InChI=1S/C28H39N6O8P/c1-3-4-14-42-28(37)33-12-10-32(11-13-33)27(36)23(19-43(38,39)40)30-26(35)22-15-24(34-16-20(17-34)18-41-2)31-25(29-22)21-8-6-5-7-9-21/h5-9,15,20,23H,3-4,10-14,16-19H2,1-2H3,(H,30,35)(H2,38,39,40). The second kappa shape index (κ2) is 14.7. The monoisotopic (exact) mass is 618 g/mol. The molecule has 2 aromatic rings. The molecule has 2 saturated heterocycles. The summed E-state index contributed by atoms with van der Waals surface area (Å²) >= 11 is 0. The third kappa shape index (κ3) is 8.96. The highest BCUT2D eigenvalue weighted by Crippen LogP contribution is 2.35. The number of ether oxygens (including phenoxy) is 2. The van der Waals surface area contributed by atoms with E-state index in [9.17, 15) is 28.7 Å². The van der Waals surface area contributed by atoms with Crippen molar-refractivity contribution in [3.63, 3.8) is 0 Å². The molecule has 3 N–H and O–H groups in total. The van der Waals surface area contributed by atoms with E-state index in [0.717, 1.165) is 12.8 Å². The lowest BCUT2D eigenvalue weighted by Gasteiger charge is -2.40. The molecule has 1 aromatic heterocycles. The molecule has 43 heavy (non-hydrogen) atoms. The zero-order chi connectivity index (χ0) is 31.0. The molecule has 1 atom stereocenters. The van der Waals surface area contributed by atoms with Crippen molar-refractivity contribution in [2.75, 3.05) is 70.7 Å². The number of nitrogens with one attached hydrogen (secondary N) is 1. The number of carbonyl (C=O) groups excluding carboxylic acids is 3. The molecule has 2 aliphatic rings. The first kappa shape index (κ1) is 32.3. The first-order chi connectivity index (χ1) is 20.6. The fraction of sp³-hybridized carbons (Fsp3) is 0.536. The van der Waals surface area contributed by atoms with Crippen molar-refractivity contribution < 1.29 is 38.2 Å². The molecule has 234 valence electrons. The normalized spacial score (nSPS) is 16.4. The Morgan fingerprint density at radius 2 is 1.74 bits per heavy atom. The SMILES string of the molecule is CCCCOC(=O)N1CCN(C(=O)C(CP(=O)(O)O)NC(=O)c2cc(N3CC(COC)C3)nc(-c3ccccc3)n2)CC1. The number of carbonyl (C=O) groups is 3. The van der Waals surface area contributed by atoms with Crippen LogP contribution in [0.25, 0.3) is 11.4 Å². The summed E-state index contributed by atoms with van der Waals surface area (Å²) in [6.45, 7) is 4.90. The van der Waals surface area contributed by atoms with Crippen LogP contribution in [-0.2, 0) is 18.8 Å². The molecule has 0 saturated carbocycles. The van der Waals surface area contributed by atoms with E-state index >= 15 is 0 Å². The molecular weight excluding hydrogens is 579 g/mol. The summed E-state index contributed by atoms with van der Waals surface area (Å²) in [5, 5.41) is 2.51. The molecule has 2 aliphatic heterocycles. The van der Waals surface area contributed by atoms with Crippen molar-refractivity contribution in [2.45, 2.75) is 25.8 Å². The summed E-state index contributed by atoms with van der Waals surface area (Å²) in [5.41, 5.74) is 0.642. The molecule has 14 nitrogen and oxygen atoms in total. The summed E-state index contributed by atoms with van der Waals surface area (Å²) < 4.78 is 22.4. The number of methoxy groups -OCH3 is 1. The Bertz CT molecular complexity index is 1310. The lowest BCUT2D eigenvalue weighted by Crippen LogP contribution is -2.56. The van der Waals surface area contributed by atoms with Gasteiger partial charge in [-0.05, 0) is 6.42 Å². The molecule has 1 unspecified atom stereocenters. The molecular formula is C28H39N6O8P. The predicted octanol–water partition coefficient (Wildman–Crippen LogP) is 1.58. The number of rotatable bonds is 12. The van der Waals surface area contributed by atoms with Gasteiger partial charge in [0.25, 0.3) is 5.91 Å². The molecule has 0 aliphatic carbocycles. The van der Waals surface area contributed by atoms with Gasteiger partial charge in [-0.1, -0.05) is 43.7 Å². The topological polar surface area (TPSA) is 175 Å². The molecule has 0 spiro atoms. The lowest BCUT2D eigenvalue weighted by atomic mass is 10.0. The largest absolute Gasteiger partial charge is 0.449 e. The Hall–Kier alpha value is -3.58. The average molecular weight is 619 g/mol. The molecule has 1 aromatic carbocycles. The number of piperazine rings is 1. The Morgan fingerprint density at radius 3 is 2.37 bits per heavy atom. The van der Waals surface area contributed by atoms with E-state index in [-0.39, 0.29) is 31.9 Å². The van der Waals surface area contributed by atoms with E-state index in [4.69, 9.17) is 9.47 Å². The van der Waals surface area contributed by atoms with Gasteiger partial charge in [0.1, 0.15) is 17.6 Å². The van der Waals surface area contributed by atoms with E-state index < -0.39 is 37.7 Å². The van der Waals surface area contributed by atoms with Gasteiger partial charge in [-0.2, -0.15) is 0 Å². The van der Waals surface area contributed by atoms with Crippen molar-refractivity contribution in [2.24, 2.45) is 5.92 Å². The highest BCUT2D eigenvalue weighted by atomic mass is 31.2. The van der Waals surface area contributed by atoms with Crippen molar-refractivity contribution >= 4 is 31.3 Å². The Kier molecular flexibility index (Phi) is 11.1. The first-order valence-electron chi connectivity index (χ1n) is 14.3. The minimum absolute atomic E-state index is 0.0396. The van der Waals surface area contributed by atoms with Gasteiger partial charge in [-0.25, -0.2) is 14.8 Å². The van der Waals surface area contributed by atoms with Gasteiger partial charge in [0.15, 0.2) is 5.82 Å². The third-order valence-electron chi connectivity index (χ3n) is 7.26. The molecule has 0 bridgehead atoms. The Labute approximate surface area is 250 Å². The van der Waals surface area contributed by atoms with Crippen LogP contribution in [0, 0.1) is 5.92 Å². The highest BCUT2D eigenvalue weighted by Gasteiger charge is 2.35. The quantitative estimate of drug-likeness (QED) is 0.233. The van der Waals surface area contributed by atoms with Gasteiger partial charge in [0.05, 0.1) is 19.4 Å². The molecule has 3 heterocycles. The first-order valence-corrected chi connectivity index (χ1v) is 16.1. The fourth-order valence-corrected chi connectivity index (χ4v) is 5.63. The van der Waals surface area contributed by atoms with E-state index in [1.807, 2.05) is 42.2 Å². The number of nitrogens with zero attached hydrogens (tertiary/aromatic N) is 5. The number of aromatic nitrogens is 2. The zero-order valence-corrected chi connectivity index (χ0v) is 25.3. The van der Waals surface area contributed by atoms with Gasteiger partial charge < -0.3 is 39.3 Å². The zero-order valence-electron chi connectivity index (χ0n) is 24.4. The van der Waals surface area contributed by atoms with Gasteiger partial charge in [0, 0.05) is 63.9 Å². The number of unbranched alkanes of at least 4 members (excludes halogenated alkanes) is 1. The smallest absolute Gasteiger partial charge is 0.409 e. The minimum Gasteiger partial charge on any atom is -0.449 e. The van der Waals surface area contributed by atoms with Crippen LogP contribution in [-0.4, -0.2) is 119 Å². The molecule has 3 amide bonds. The average Bonchev–Trinajstić information content (AvgIpc) is 2.97.